The number of halogens is 4. The minimum absolute atomic E-state index is 0.0405. The van der Waals surface area contributed by atoms with Gasteiger partial charge in [0.05, 0.1) is 16.2 Å². The molecule has 5 nitrogen and oxygen atoms in total. The molecule has 0 aliphatic carbocycles. The lowest BCUT2D eigenvalue weighted by Crippen LogP contribution is -2.27. The van der Waals surface area contributed by atoms with Crippen LogP contribution in [0.1, 0.15) is 16.7 Å². The third kappa shape index (κ3) is 6.33. The molecule has 1 heterocycles. The van der Waals surface area contributed by atoms with E-state index in [-0.39, 0.29) is 27.4 Å². The Morgan fingerprint density at radius 1 is 1.14 bits per heavy atom. The number of amides is 2. The molecule has 0 radical (unpaired) electrons. The van der Waals surface area contributed by atoms with Gasteiger partial charge in [-0.2, -0.15) is 13.2 Å². The Hall–Kier alpha value is -3.34. The number of rotatable bonds is 6. The Balaban J connectivity index is 1.45. The van der Waals surface area contributed by atoms with Crippen LogP contribution in [0, 0.1) is 6.92 Å². The molecule has 0 saturated carbocycles. The van der Waals surface area contributed by atoms with Gasteiger partial charge < -0.3 is 10.1 Å². The van der Waals surface area contributed by atoms with Crippen LogP contribution in [0.15, 0.2) is 71.6 Å². The van der Waals surface area contributed by atoms with E-state index < -0.39 is 17.6 Å². The second kappa shape index (κ2) is 11.0. The zero-order chi connectivity index (χ0) is 26.7. The number of anilines is 2. The maximum Gasteiger partial charge on any atom is 0.416 e. The molecular weight excluding hydrogens is 545 g/mol. The number of thiocarbonyl (C=S) groups is 1. The first-order valence-corrected chi connectivity index (χ1v) is 12.4. The van der Waals surface area contributed by atoms with E-state index in [4.69, 9.17) is 28.6 Å². The summed E-state index contributed by atoms with van der Waals surface area (Å²) in [5.74, 6) is -0.519. The Kier molecular flexibility index (Phi) is 7.91. The lowest BCUT2D eigenvalue weighted by atomic mass is 10.1. The first kappa shape index (κ1) is 26.7. The monoisotopic (exact) mass is 562 g/mol. The van der Waals surface area contributed by atoms with Crippen molar-refractivity contribution in [2.75, 3.05) is 16.8 Å². The summed E-state index contributed by atoms with van der Waals surface area (Å²) in [7, 11) is 0. The lowest BCUT2D eigenvalue weighted by molar-refractivity contribution is -0.137. The molecular formula is C26H18ClF3N2O3S2. The first-order chi connectivity index (χ1) is 17.5. The maximum absolute atomic E-state index is 13.1. The van der Waals surface area contributed by atoms with Gasteiger partial charge in [-0.05, 0) is 66.6 Å². The molecule has 0 bridgehead atoms. The van der Waals surface area contributed by atoms with Crippen LogP contribution in [0.25, 0.3) is 6.08 Å². The van der Waals surface area contributed by atoms with Crippen molar-refractivity contribution in [3.8, 4) is 5.75 Å². The summed E-state index contributed by atoms with van der Waals surface area (Å²) in [6.45, 7) is 1.53. The molecule has 0 unspecified atom stereocenters. The minimum atomic E-state index is -4.55. The molecule has 1 N–H and O–H groups in total. The van der Waals surface area contributed by atoms with Crippen molar-refractivity contribution < 1.29 is 27.5 Å². The Morgan fingerprint density at radius 2 is 1.86 bits per heavy atom. The largest absolute Gasteiger partial charge is 0.484 e. The molecule has 1 aliphatic rings. The van der Waals surface area contributed by atoms with Crippen LogP contribution in [-0.4, -0.2) is 22.7 Å². The van der Waals surface area contributed by atoms with E-state index in [9.17, 15) is 22.8 Å². The molecule has 3 aromatic rings. The van der Waals surface area contributed by atoms with E-state index in [0.29, 0.717) is 22.0 Å². The fourth-order valence-corrected chi connectivity index (χ4v) is 4.91. The molecule has 0 atom stereocenters. The smallest absolute Gasteiger partial charge is 0.416 e. The van der Waals surface area contributed by atoms with Crippen LogP contribution in [0.5, 0.6) is 5.75 Å². The molecule has 11 heteroatoms. The van der Waals surface area contributed by atoms with Gasteiger partial charge in [-0.3, -0.25) is 14.5 Å². The number of thioether (sulfide) groups is 1. The van der Waals surface area contributed by atoms with Crippen molar-refractivity contribution in [3.63, 3.8) is 0 Å². The molecule has 1 aliphatic heterocycles. The van der Waals surface area contributed by atoms with Crippen LogP contribution in [0.3, 0.4) is 0 Å². The number of nitrogens with one attached hydrogen (secondary N) is 1. The quantitative estimate of drug-likeness (QED) is 0.257. The molecule has 0 aromatic heterocycles. The summed E-state index contributed by atoms with van der Waals surface area (Å²) < 4.78 is 45.0. The molecule has 37 heavy (non-hydrogen) atoms. The van der Waals surface area contributed by atoms with Gasteiger partial charge in [0.15, 0.2) is 10.9 Å². The SMILES string of the molecule is Cc1c(Cl)cccc1NC(=O)COc1cccc(/C=C2\SC(=S)N(c3cccc(C(F)(F)F)c3)C2=O)c1. The normalized spacial score (nSPS) is 14.8. The van der Waals surface area contributed by atoms with Crippen molar-refractivity contribution in [2.24, 2.45) is 0 Å². The number of hydrogen-bond donors (Lipinski definition) is 1. The summed E-state index contributed by atoms with van der Waals surface area (Å²) in [6, 6.07) is 16.3. The Labute approximate surface area is 225 Å². The Bertz CT molecular complexity index is 1430. The second-order valence-corrected chi connectivity index (χ2v) is 9.97. The van der Waals surface area contributed by atoms with E-state index >= 15 is 0 Å². The van der Waals surface area contributed by atoms with Crippen LogP contribution in [0.4, 0.5) is 24.5 Å². The molecule has 190 valence electrons. The lowest BCUT2D eigenvalue weighted by Gasteiger charge is -2.16. The predicted octanol–water partition coefficient (Wildman–Crippen LogP) is 7.09. The number of nitrogens with zero attached hydrogens (tertiary/aromatic N) is 1. The summed E-state index contributed by atoms with van der Waals surface area (Å²) in [4.78, 5) is 26.6. The Morgan fingerprint density at radius 3 is 2.62 bits per heavy atom. The minimum Gasteiger partial charge on any atom is -0.484 e. The number of ether oxygens (including phenoxy) is 1. The molecule has 0 spiro atoms. The van der Waals surface area contributed by atoms with E-state index in [2.05, 4.69) is 5.32 Å². The number of carbonyl (C=O) groups is 2. The first-order valence-electron chi connectivity index (χ1n) is 10.8. The van der Waals surface area contributed by atoms with Gasteiger partial charge >= 0.3 is 6.18 Å². The molecule has 2 amide bonds. The van der Waals surface area contributed by atoms with Gasteiger partial charge in [-0.15, -0.1) is 0 Å². The molecule has 1 saturated heterocycles. The van der Waals surface area contributed by atoms with Gasteiger partial charge in [0.25, 0.3) is 11.8 Å². The zero-order valence-corrected chi connectivity index (χ0v) is 21.5. The van der Waals surface area contributed by atoms with Crippen LogP contribution < -0.4 is 15.0 Å². The fourth-order valence-electron chi connectivity index (χ4n) is 3.44. The topological polar surface area (TPSA) is 58.6 Å². The number of benzene rings is 3. The number of carbonyl (C=O) groups excluding carboxylic acids is 2. The van der Waals surface area contributed by atoms with Crippen LogP contribution >= 0.6 is 35.6 Å². The average Bonchev–Trinajstić information content (AvgIpc) is 3.13. The summed E-state index contributed by atoms with van der Waals surface area (Å²) >= 11 is 12.3. The van der Waals surface area contributed by atoms with Gasteiger partial charge in [-0.1, -0.05) is 59.8 Å². The molecule has 3 aromatic carbocycles. The second-order valence-electron chi connectivity index (χ2n) is 7.89. The van der Waals surface area contributed by atoms with Crippen molar-refractivity contribution in [1.29, 1.82) is 0 Å². The summed E-state index contributed by atoms with van der Waals surface area (Å²) in [5.41, 5.74) is 1.08. The number of hydrogen-bond acceptors (Lipinski definition) is 5. The third-order valence-corrected chi connectivity index (χ3v) is 7.00. The van der Waals surface area contributed by atoms with Crippen molar-refractivity contribution >= 4 is 69.2 Å². The third-order valence-electron chi connectivity index (χ3n) is 5.29. The highest BCUT2D eigenvalue weighted by Gasteiger charge is 2.36. The zero-order valence-electron chi connectivity index (χ0n) is 19.1. The van der Waals surface area contributed by atoms with Crippen LogP contribution in [-0.2, 0) is 15.8 Å². The van der Waals surface area contributed by atoms with Gasteiger partial charge in [0.2, 0.25) is 0 Å². The molecule has 1 fully saturated rings. The van der Waals surface area contributed by atoms with E-state index in [1.165, 1.54) is 12.1 Å². The van der Waals surface area contributed by atoms with Gasteiger partial charge in [0, 0.05) is 10.7 Å². The number of alkyl halides is 3. The summed E-state index contributed by atoms with van der Waals surface area (Å²) in [5, 5.41) is 3.27. The van der Waals surface area contributed by atoms with Gasteiger partial charge in [0.1, 0.15) is 5.75 Å². The maximum atomic E-state index is 13.1. The predicted molar refractivity (Wildman–Crippen MR) is 144 cm³/mol. The van der Waals surface area contributed by atoms with Crippen molar-refractivity contribution in [3.05, 3.63) is 93.3 Å². The average molecular weight is 563 g/mol. The van der Waals surface area contributed by atoms with E-state index in [0.717, 1.165) is 34.4 Å². The highest BCUT2D eigenvalue weighted by atomic mass is 35.5. The highest BCUT2D eigenvalue weighted by Crippen LogP contribution is 2.38. The van der Waals surface area contributed by atoms with Crippen molar-refractivity contribution in [1.82, 2.24) is 0 Å². The van der Waals surface area contributed by atoms with Crippen molar-refractivity contribution in [2.45, 2.75) is 13.1 Å². The van der Waals surface area contributed by atoms with E-state index in [1.54, 1.807) is 55.5 Å². The fraction of sp³-hybridized carbons (Fsp3) is 0.115. The summed E-state index contributed by atoms with van der Waals surface area (Å²) in [6.07, 6.45) is -2.98. The highest BCUT2D eigenvalue weighted by molar-refractivity contribution is 8.27. The van der Waals surface area contributed by atoms with E-state index in [1.807, 2.05) is 0 Å². The standard InChI is InChI=1S/C26H18ClF3N2O3S2/c1-15-20(27)9-4-10-21(15)31-23(33)14-35-19-8-2-5-16(11-19)12-22-24(34)32(25(36)37-22)18-7-3-6-17(13-18)26(28,29)30/h2-13H,14H2,1H3,(H,31,33)/b22-12-. The van der Waals surface area contributed by atoms with Crippen LogP contribution in [0.2, 0.25) is 5.02 Å². The molecule has 4 rings (SSSR count). The van der Waals surface area contributed by atoms with Gasteiger partial charge in [-0.25, -0.2) is 0 Å².